The summed E-state index contributed by atoms with van der Waals surface area (Å²) in [7, 11) is 0.382. The molecule has 1 aromatic rings. The van der Waals surface area contributed by atoms with Crippen molar-refractivity contribution in [3.63, 3.8) is 0 Å². The van der Waals surface area contributed by atoms with Gasteiger partial charge in [-0.15, -0.1) is 0 Å². The zero-order valence-corrected chi connectivity index (χ0v) is 12.4. The van der Waals surface area contributed by atoms with Gasteiger partial charge in [0.2, 0.25) is 10.5 Å². The normalized spacial score (nSPS) is 11.0. The largest absolute Gasteiger partial charge is 0.528 e. The van der Waals surface area contributed by atoms with Crippen LogP contribution >= 0.6 is 0 Å². The Kier molecular flexibility index (Phi) is 4.06. The molecule has 5 heteroatoms. The van der Waals surface area contributed by atoms with Crippen molar-refractivity contribution < 1.29 is 18.8 Å². The molecule has 0 aromatic heterocycles. The van der Waals surface area contributed by atoms with Gasteiger partial charge in [-0.3, -0.25) is 9.59 Å². The molecule has 1 aromatic carbocycles. The summed E-state index contributed by atoms with van der Waals surface area (Å²) in [5.41, 5.74) is 0.144. The van der Waals surface area contributed by atoms with E-state index in [1.807, 2.05) is 0 Å². The van der Waals surface area contributed by atoms with Crippen LogP contribution in [0.3, 0.4) is 0 Å². The Hall–Kier alpha value is -1.62. The summed E-state index contributed by atoms with van der Waals surface area (Å²) in [6.45, 7) is 4.94. The lowest BCUT2D eigenvalue weighted by Gasteiger charge is -2.22. The fourth-order valence-electron chi connectivity index (χ4n) is 1.48. The van der Waals surface area contributed by atoms with Crippen molar-refractivity contribution in [2.75, 3.05) is 0 Å². The second-order valence-electron chi connectivity index (χ2n) is 4.23. The number of ether oxygens (including phenoxy) is 1. The van der Waals surface area contributed by atoms with Crippen LogP contribution in [0.5, 0.6) is 5.75 Å². The first-order valence-electron chi connectivity index (χ1n) is 5.25. The van der Waals surface area contributed by atoms with E-state index in [9.17, 15) is 9.59 Å². The predicted octanol–water partition coefficient (Wildman–Crippen LogP) is 0.713. The molecule has 0 saturated carbocycles. The monoisotopic (exact) mass is 252 g/mol. The smallest absolute Gasteiger partial charge is 0.308 e. The molecule has 1 rings (SSSR count). The highest BCUT2D eigenvalue weighted by Crippen LogP contribution is 2.26. The molecule has 0 atom stereocenters. The van der Waals surface area contributed by atoms with Crippen molar-refractivity contribution in [3.8, 4) is 5.75 Å². The van der Waals surface area contributed by atoms with Crippen molar-refractivity contribution in [2.45, 2.75) is 26.2 Å². The number of carbonyl (C=O) groups excluding carboxylic acids is 2. The quantitative estimate of drug-likeness (QED) is 0.452. The van der Waals surface area contributed by atoms with E-state index in [1.165, 1.54) is 6.92 Å². The van der Waals surface area contributed by atoms with Crippen LogP contribution in [0.2, 0.25) is 0 Å². The van der Waals surface area contributed by atoms with E-state index in [0.29, 0.717) is 16.2 Å². The molecule has 17 heavy (non-hydrogen) atoms. The topological polar surface area (TPSA) is 52.6 Å². The molecule has 0 aliphatic rings. The first-order chi connectivity index (χ1) is 7.87. The fourth-order valence-corrected chi connectivity index (χ4v) is 1.99. The van der Waals surface area contributed by atoms with Gasteiger partial charge in [0.15, 0.2) is 0 Å². The molecule has 0 saturated heterocycles. The zero-order valence-electron chi connectivity index (χ0n) is 10.4. The van der Waals surface area contributed by atoms with E-state index >= 15 is 0 Å². The maximum atomic E-state index is 11.6. The zero-order chi connectivity index (χ0) is 13.1. The van der Waals surface area contributed by atoms with Crippen LogP contribution in [0, 0.1) is 0 Å². The van der Waals surface area contributed by atoms with E-state index in [4.69, 9.17) is 9.16 Å². The molecule has 0 N–H and O–H groups in total. The van der Waals surface area contributed by atoms with Gasteiger partial charge in [-0.05, 0) is 31.5 Å². The summed E-state index contributed by atoms with van der Waals surface area (Å²) in [5.74, 6) is -0.142. The highest BCUT2D eigenvalue weighted by atomic mass is 28.2. The number of hydrogen-bond acceptors (Lipinski definition) is 4. The van der Waals surface area contributed by atoms with Gasteiger partial charge in [0.1, 0.15) is 5.75 Å². The third kappa shape index (κ3) is 3.17. The first-order valence-corrected chi connectivity index (χ1v) is 6.07. The Balaban J connectivity index is 2.94. The molecule has 0 aliphatic carbocycles. The van der Waals surface area contributed by atoms with Gasteiger partial charge in [-0.25, -0.2) is 0 Å². The summed E-state index contributed by atoms with van der Waals surface area (Å²) in [6.07, 6.45) is 0. The number of esters is 1. The van der Waals surface area contributed by atoms with Crippen molar-refractivity contribution in [1.29, 1.82) is 0 Å². The van der Waals surface area contributed by atoms with E-state index < -0.39 is 5.41 Å². The van der Waals surface area contributed by atoms with Gasteiger partial charge in [0.05, 0.1) is 5.41 Å². The molecule has 0 fully saturated rings. The van der Waals surface area contributed by atoms with Crippen LogP contribution in [-0.2, 0) is 19.4 Å². The van der Waals surface area contributed by atoms with E-state index in [2.05, 4.69) is 0 Å². The highest BCUT2D eigenvalue weighted by molar-refractivity contribution is 6.07. The molecular weight excluding hydrogens is 236 g/mol. The van der Waals surface area contributed by atoms with Gasteiger partial charge in [0, 0.05) is 6.92 Å². The summed E-state index contributed by atoms with van der Waals surface area (Å²) in [5, 5.41) is 0. The molecule has 0 bridgehead atoms. The molecule has 0 spiro atoms. The molecule has 92 valence electrons. The van der Waals surface area contributed by atoms with Crippen LogP contribution in [0.4, 0.5) is 0 Å². The minimum atomic E-state index is -0.684. The predicted molar refractivity (Wildman–Crippen MR) is 66.8 cm³/mol. The fraction of sp³-hybridized carbons (Fsp3) is 0.333. The Morgan fingerprint density at radius 2 is 1.71 bits per heavy atom. The van der Waals surface area contributed by atoms with Crippen LogP contribution in [0.1, 0.15) is 26.3 Å². The molecule has 0 radical (unpaired) electrons. The third-order valence-electron chi connectivity index (χ3n) is 2.53. The molecule has 0 amide bonds. The van der Waals surface area contributed by atoms with Gasteiger partial charge in [-0.2, -0.15) is 0 Å². The number of rotatable bonds is 3. The maximum absolute atomic E-state index is 11.6. The maximum Gasteiger partial charge on any atom is 0.308 e. The lowest BCUT2D eigenvalue weighted by atomic mass is 9.85. The van der Waals surface area contributed by atoms with Gasteiger partial charge < -0.3 is 9.16 Å². The third-order valence-corrected chi connectivity index (χ3v) is 2.90. The van der Waals surface area contributed by atoms with Crippen LogP contribution < -0.4 is 4.74 Å². The van der Waals surface area contributed by atoms with Gasteiger partial charge >= 0.3 is 11.9 Å². The van der Waals surface area contributed by atoms with Gasteiger partial charge in [0.25, 0.3) is 0 Å². The van der Waals surface area contributed by atoms with Crippen molar-refractivity contribution in [1.82, 2.24) is 0 Å². The molecule has 0 unspecified atom stereocenters. The van der Waals surface area contributed by atoms with Gasteiger partial charge in [-0.1, -0.05) is 12.1 Å². The van der Waals surface area contributed by atoms with Crippen molar-refractivity contribution in [3.05, 3.63) is 29.8 Å². The SMILES string of the molecule is CC(=O)Oc1ccc(C(C)(C)C(=O)O[SiH3])cc1. The molecule has 4 nitrogen and oxygen atoms in total. The lowest BCUT2D eigenvalue weighted by molar-refractivity contribution is -0.139. The molecular formula is C12H16O4Si. The minimum Gasteiger partial charge on any atom is -0.528 e. The van der Waals surface area contributed by atoms with Crippen molar-refractivity contribution in [2.24, 2.45) is 0 Å². The lowest BCUT2D eigenvalue weighted by Crippen LogP contribution is -2.30. The molecule has 0 aliphatic heterocycles. The number of benzene rings is 1. The standard InChI is InChI=1S/C12H16O4Si/c1-8(13)15-10-6-4-9(5-7-10)12(2,3)11(14)16-17/h4-7H,1-3,17H3. The average Bonchev–Trinajstić information content (AvgIpc) is 2.27. The van der Waals surface area contributed by atoms with Crippen LogP contribution in [-0.4, -0.2) is 22.4 Å². The van der Waals surface area contributed by atoms with Crippen LogP contribution in [0.15, 0.2) is 24.3 Å². The van der Waals surface area contributed by atoms with E-state index in [-0.39, 0.29) is 11.9 Å². The van der Waals surface area contributed by atoms with E-state index in [0.717, 1.165) is 5.56 Å². The second-order valence-corrected chi connectivity index (χ2v) is 4.64. The summed E-state index contributed by atoms with van der Waals surface area (Å²) in [6, 6.07) is 6.85. The molecule has 0 heterocycles. The Morgan fingerprint density at radius 1 is 1.18 bits per heavy atom. The second kappa shape index (κ2) is 5.14. The number of carbonyl (C=O) groups is 2. The number of hydrogen-bond donors (Lipinski definition) is 0. The van der Waals surface area contributed by atoms with Crippen LogP contribution in [0.25, 0.3) is 0 Å². The summed E-state index contributed by atoms with van der Waals surface area (Å²) in [4.78, 5) is 22.4. The minimum absolute atomic E-state index is 0.246. The Labute approximate surface area is 103 Å². The first kappa shape index (κ1) is 13.4. The average molecular weight is 252 g/mol. The van der Waals surface area contributed by atoms with Crippen molar-refractivity contribution >= 4 is 22.4 Å². The van der Waals surface area contributed by atoms with E-state index in [1.54, 1.807) is 38.1 Å². The highest BCUT2D eigenvalue weighted by Gasteiger charge is 2.30. The Bertz CT molecular complexity index is 423. The summed E-state index contributed by atoms with van der Waals surface area (Å²) < 4.78 is 9.80. The Morgan fingerprint density at radius 3 is 2.12 bits per heavy atom. The summed E-state index contributed by atoms with van der Waals surface area (Å²) >= 11 is 0.